The van der Waals surface area contributed by atoms with Gasteiger partial charge in [0.05, 0.1) is 5.56 Å². The van der Waals surface area contributed by atoms with Crippen LogP contribution < -0.4 is 10.2 Å². The maximum atomic E-state index is 12.4. The maximum Gasteiger partial charge on any atom is 0.261 e. The molecular weight excluding hydrogens is 228 g/mol. The summed E-state index contributed by atoms with van der Waals surface area (Å²) >= 11 is 0. The molecule has 0 atom stereocenters. The van der Waals surface area contributed by atoms with Crippen LogP contribution >= 0.6 is 0 Å². The van der Waals surface area contributed by atoms with Gasteiger partial charge in [-0.05, 0) is 24.3 Å². The summed E-state index contributed by atoms with van der Waals surface area (Å²) in [7, 11) is 3.47. The first-order valence-electron chi connectivity index (χ1n) is 5.55. The van der Waals surface area contributed by atoms with Crippen LogP contribution in [0.2, 0.25) is 0 Å². The predicted molar refractivity (Wildman–Crippen MR) is 70.8 cm³/mol. The molecule has 2 aromatic rings. The Hall–Kier alpha value is -2.43. The van der Waals surface area contributed by atoms with Crippen molar-refractivity contribution in [3.05, 3.63) is 48.4 Å². The quantitative estimate of drug-likeness (QED) is 0.891. The van der Waals surface area contributed by atoms with Gasteiger partial charge >= 0.3 is 0 Å². The number of rotatable bonds is 3. The second-order valence-electron chi connectivity index (χ2n) is 3.72. The van der Waals surface area contributed by atoms with E-state index in [-0.39, 0.29) is 5.91 Å². The highest BCUT2D eigenvalue weighted by molar-refractivity contribution is 6.08. The van der Waals surface area contributed by atoms with Crippen molar-refractivity contribution in [2.75, 3.05) is 24.3 Å². The smallest absolute Gasteiger partial charge is 0.261 e. The Labute approximate surface area is 105 Å². The molecule has 0 aliphatic rings. The van der Waals surface area contributed by atoms with Gasteiger partial charge in [0.1, 0.15) is 5.82 Å². The molecule has 0 fully saturated rings. The minimum Gasteiger partial charge on any atom is -0.372 e. The van der Waals surface area contributed by atoms with E-state index in [1.807, 2.05) is 0 Å². The third-order valence-corrected chi connectivity index (χ3v) is 2.63. The van der Waals surface area contributed by atoms with E-state index in [0.717, 1.165) is 5.69 Å². The number of amides is 1. The lowest BCUT2D eigenvalue weighted by Gasteiger charge is -2.18. The van der Waals surface area contributed by atoms with Gasteiger partial charge < -0.3 is 10.2 Å². The Bertz CT molecular complexity index is 542. The number of anilines is 2. The van der Waals surface area contributed by atoms with E-state index in [0.29, 0.717) is 11.4 Å². The van der Waals surface area contributed by atoms with E-state index < -0.39 is 0 Å². The number of pyridine rings is 2. The Morgan fingerprint density at radius 1 is 1.22 bits per heavy atom. The number of nitrogens with zero attached hydrogens (tertiary/aromatic N) is 3. The summed E-state index contributed by atoms with van der Waals surface area (Å²) in [6.45, 7) is 0. The summed E-state index contributed by atoms with van der Waals surface area (Å²) in [6.07, 6.45) is 4.96. The standard InChI is InChI=1S/C13H14N4O/c1-14-12-11(4-3-7-16-12)13(18)17(2)10-5-8-15-9-6-10/h3-9H,1-2H3,(H,14,16). The highest BCUT2D eigenvalue weighted by Crippen LogP contribution is 2.17. The van der Waals surface area contributed by atoms with Crippen LogP contribution in [0.1, 0.15) is 10.4 Å². The van der Waals surface area contributed by atoms with Gasteiger partial charge in [-0.2, -0.15) is 0 Å². The summed E-state index contributed by atoms with van der Waals surface area (Å²) in [5.74, 6) is 0.460. The second-order valence-corrected chi connectivity index (χ2v) is 3.72. The SMILES string of the molecule is CNc1ncccc1C(=O)N(C)c1ccncc1. The van der Waals surface area contributed by atoms with Crippen LogP contribution in [-0.4, -0.2) is 30.0 Å². The lowest BCUT2D eigenvalue weighted by molar-refractivity contribution is 0.0993. The molecule has 18 heavy (non-hydrogen) atoms. The maximum absolute atomic E-state index is 12.4. The van der Waals surface area contributed by atoms with Crippen molar-refractivity contribution < 1.29 is 4.79 Å². The van der Waals surface area contributed by atoms with E-state index in [4.69, 9.17) is 0 Å². The van der Waals surface area contributed by atoms with Gasteiger partial charge in [0.15, 0.2) is 0 Å². The number of carbonyl (C=O) groups is 1. The monoisotopic (exact) mass is 242 g/mol. The zero-order valence-corrected chi connectivity index (χ0v) is 10.3. The molecule has 2 aromatic heterocycles. The van der Waals surface area contributed by atoms with Crippen molar-refractivity contribution in [1.82, 2.24) is 9.97 Å². The van der Waals surface area contributed by atoms with Crippen molar-refractivity contribution >= 4 is 17.4 Å². The first kappa shape index (κ1) is 12.0. The largest absolute Gasteiger partial charge is 0.372 e. The number of hydrogen-bond acceptors (Lipinski definition) is 4. The zero-order chi connectivity index (χ0) is 13.0. The summed E-state index contributed by atoms with van der Waals surface area (Å²) in [4.78, 5) is 22.0. The number of carbonyl (C=O) groups excluding carboxylic acids is 1. The molecule has 1 amide bonds. The van der Waals surface area contributed by atoms with Crippen molar-refractivity contribution in [1.29, 1.82) is 0 Å². The number of hydrogen-bond donors (Lipinski definition) is 1. The fraction of sp³-hybridized carbons (Fsp3) is 0.154. The average molecular weight is 242 g/mol. The molecule has 0 saturated heterocycles. The molecule has 1 N–H and O–H groups in total. The minimum absolute atomic E-state index is 0.112. The fourth-order valence-corrected chi connectivity index (χ4v) is 1.64. The molecule has 0 spiro atoms. The van der Waals surface area contributed by atoms with Crippen LogP contribution in [0.25, 0.3) is 0 Å². The van der Waals surface area contributed by atoms with Crippen molar-refractivity contribution in [3.8, 4) is 0 Å². The van der Waals surface area contributed by atoms with Gasteiger partial charge in [-0.15, -0.1) is 0 Å². The van der Waals surface area contributed by atoms with Crippen LogP contribution in [0.5, 0.6) is 0 Å². The average Bonchev–Trinajstić information content (AvgIpc) is 2.46. The van der Waals surface area contributed by atoms with Gasteiger partial charge in [-0.25, -0.2) is 4.98 Å². The van der Waals surface area contributed by atoms with Crippen molar-refractivity contribution in [2.24, 2.45) is 0 Å². The Morgan fingerprint density at radius 3 is 2.61 bits per heavy atom. The number of nitrogens with one attached hydrogen (secondary N) is 1. The van der Waals surface area contributed by atoms with Gasteiger partial charge in [0, 0.05) is 38.4 Å². The van der Waals surface area contributed by atoms with Gasteiger partial charge in [-0.1, -0.05) is 0 Å². The Kier molecular flexibility index (Phi) is 3.52. The molecule has 0 unspecified atom stereocenters. The third-order valence-electron chi connectivity index (χ3n) is 2.63. The van der Waals surface area contributed by atoms with E-state index in [9.17, 15) is 4.79 Å². The second kappa shape index (κ2) is 5.27. The lowest BCUT2D eigenvalue weighted by Crippen LogP contribution is -2.27. The van der Waals surface area contributed by atoms with Crippen molar-refractivity contribution in [2.45, 2.75) is 0 Å². The molecule has 2 rings (SSSR count). The van der Waals surface area contributed by atoms with Gasteiger partial charge in [0.25, 0.3) is 5.91 Å². The first-order valence-corrected chi connectivity index (χ1v) is 5.55. The van der Waals surface area contributed by atoms with Crippen molar-refractivity contribution in [3.63, 3.8) is 0 Å². The highest BCUT2D eigenvalue weighted by atomic mass is 16.2. The Morgan fingerprint density at radius 2 is 1.94 bits per heavy atom. The van der Waals surface area contributed by atoms with Crippen LogP contribution in [0.3, 0.4) is 0 Å². The summed E-state index contributed by atoms with van der Waals surface area (Å²) < 4.78 is 0. The fourth-order valence-electron chi connectivity index (χ4n) is 1.64. The first-order chi connectivity index (χ1) is 8.74. The molecule has 0 aromatic carbocycles. The molecule has 0 bridgehead atoms. The molecule has 2 heterocycles. The van der Waals surface area contributed by atoms with Crippen LogP contribution in [0.4, 0.5) is 11.5 Å². The van der Waals surface area contributed by atoms with Gasteiger partial charge in [-0.3, -0.25) is 9.78 Å². The molecule has 92 valence electrons. The van der Waals surface area contributed by atoms with Gasteiger partial charge in [0.2, 0.25) is 0 Å². The molecule has 5 heteroatoms. The normalized spacial score (nSPS) is 9.89. The highest BCUT2D eigenvalue weighted by Gasteiger charge is 2.16. The molecule has 5 nitrogen and oxygen atoms in total. The third kappa shape index (κ3) is 2.29. The predicted octanol–water partition coefficient (Wildman–Crippen LogP) is 1.79. The van der Waals surface area contributed by atoms with Crippen LogP contribution in [0.15, 0.2) is 42.9 Å². The number of aromatic nitrogens is 2. The summed E-state index contributed by atoms with van der Waals surface area (Å²) in [5.41, 5.74) is 1.33. The lowest BCUT2D eigenvalue weighted by atomic mass is 10.2. The van der Waals surface area contributed by atoms with E-state index >= 15 is 0 Å². The Balaban J connectivity index is 2.32. The minimum atomic E-state index is -0.112. The van der Waals surface area contributed by atoms with Crippen LogP contribution in [0, 0.1) is 0 Å². The summed E-state index contributed by atoms with van der Waals surface area (Å²) in [5, 5.41) is 2.91. The molecule has 0 radical (unpaired) electrons. The zero-order valence-electron chi connectivity index (χ0n) is 10.3. The molecule has 0 aliphatic heterocycles. The molecular formula is C13H14N4O. The molecule has 0 saturated carbocycles. The van der Waals surface area contributed by atoms with E-state index in [1.54, 1.807) is 61.9 Å². The molecule has 0 aliphatic carbocycles. The van der Waals surface area contributed by atoms with Crippen LogP contribution in [-0.2, 0) is 0 Å². The van der Waals surface area contributed by atoms with E-state index in [1.165, 1.54) is 0 Å². The topological polar surface area (TPSA) is 58.1 Å². The summed E-state index contributed by atoms with van der Waals surface area (Å²) in [6, 6.07) is 7.06. The van der Waals surface area contributed by atoms with E-state index in [2.05, 4.69) is 15.3 Å².